The van der Waals surface area contributed by atoms with Gasteiger partial charge in [-0.2, -0.15) is 0 Å². The van der Waals surface area contributed by atoms with Gasteiger partial charge in [0.25, 0.3) is 5.91 Å². The Balaban J connectivity index is 1.80. The lowest BCUT2D eigenvalue weighted by Crippen LogP contribution is -2.31. The second kappa shape index (κ2) is 8.67. The van der Waals surface area contributed by atoms with Gasteiger partial charge in [0.15, 0.2) is 6.61 Å². The molecule has 132 valence electrons. The summed E-state index contributed by atoms with van der Waals surface area (Å²) in [5, 5.41) is 3.44. The number of ether oxygens (including phenoxy) is 1. The summed E-state index contributed by atoms with van der Waals surface area (Å²) in [6.07, 6.45) is 0.108. The quantitative estimate of drug-likeness (QED) is 0.795. The molecular weight excluding hydrogens is 338 g/mol. The molecule has 0 aliphatic rings. The van der Waals surface area contributed by atoms with Crippen LogP contribution in [0.3, 0.4) is 0 Å². The number of hydrogen-bond acceptors (Lipinski definition) is 3. The Labute approximate surface area is 153 Å². The smallest absolute Gasteiger partial charge is 0.310 e. The largest absolute Gasteiger partial charge is 0.455 e. The van der Waals surface area contributed by atoms with Crippen LogP contribution in [0.25, 0.3) is 0 Å². The fourth-order valence-corrected chi connectivity index (χ4v) is 2.49. The molecule has 2 aromatic carbocycles. The Morgan fingerprint density at radius 2 is 1.76 bits per heavy atom. The lowest BCUT2D eigenvalue weighted by molar-refractivity contribution is -0.148. The van der Waals surface area contributed by atoms with Crippen LogP contribution in [0.15, 0.2) is 42.5 Å². The molecule has 5 heteroatoms. The van der Waals surface area contributed by atoms with Crippen molar-refractivity contribution >= 4 is 23.5 Å². The molecule has 0 radical (unpaired) electrons. The number of hydrogen-bond donors (Lipinski definition) is 1. The molecule has 2 rings (SSSR count). The molecule has 0 aromatic heterocycles. The van der Waals surface area contributed by atoms with Gasteiger partial charge in [-0.3, -0.25) is 9.59 Å². The summed E-state index contributed by atoms with van der Waals surface area (Å²) in [4.78, 5) is 23.8. The van der Waals surface area contributed by atoms with E-state index in [4.69, 9.17) is 16.3 Å². The molecule has 0 saturated carbocycles. The third-order valence-corrected chi connectivity index (χ3v) is 4.29. The topological polar surface area (TPSA) is 55.4 Å². The first-order chi connectivity index (χ1) is 11.8. The third-order valence-electron chi connectivity index (χ3n) is 4.03. The lowest BCUT2D eigenvalue weighted by Gasteiger charge is -2.15. The second-order valence-corrected chi connectivity index (χ2v) is 6.53. The zero-order valence-corrected chi connectivity index (χ0v) is 15.4. The molecule has 0 aliphatic carbocycles. The molecule has 0 fully saturated rings. The van der Waals surface area contributed by atoms with Gasteiger partial charge in [0.1, 0.15) is 0 Å². The number of amides is 1. The maximum absolute atomic E-state index is 12.0. The Hall–Kier alpha value is -2.33. The number of carbonyl (C=O) groups is 2. The predicted molar refractivity (Wildman–Crippen MR) is 98.6 cm³/mol. The number of esters is 1. The van der Waals surface area contributed by atoms with Crippen molar-refractivity contribution in [3.63, 3.8) is 0 Å². The number of rotatable bonds is 6. The molecule has 0 spiro atoms. The summed E-state index contributed by atoms with van der Waals surface area (Å²) >= 11 is 5.80. The molecule has 0 heterocycles. The number of nitrogens with one attached hydrogen (secondary N) is 1. The van der Waals surface area contributed by atoms with Crippen molar-refractivity contribution in [3.05, 3.63) is 69.7 Å². The standard InChI is InChI=1S/C20H22ClNO3/c1-13-4-7-17(10-14(13)2)15(3)22-19(23)12-25-20(24)11-16-5-8-18(21)9-6-16/h4-10,15H,11-12H2,1-3H3,(H,22,23)/t15-/m1/s1. The molecule has 0 bridgehead atoms. The summed E-state index contributed by atoms with van der Waals surface area (Å²) < 4.78 is 5.03. The lowest BCUT2D eigenvalue weighted by atomic mass is 10.0. The fourth-order valence-electron chi connectivity index (χ4n) is 2.37. The molecule has 4 nitrogen and oxygen atoms in total. The van der Waals surface area contributed by atoms with Crippen LogP contribution in [0.5, 0.6) is 0 Å². The van der Waals surface area contributed by atoms with Gasteiger partial charge >= 0.3 is 5.97 Å². The van der Waals surface area contributed by atoms with Crippen LogP contribution >= 0.6 is 11.6 Å². The van der Waals surface area contributed by atoms with Crippen molar-refractivity contribution in [2.45, 2.75) is 33.2 Å². The highest BCUT2D eigenvalue weighted by molar-refractivity contribution is 6.30. The number of benzene rings is 2. The Bertz CT molecular complexity index is 756. The first-order valence-electron chi connectivity index (χ1n) is 8.11. The number of halogens is 1. The van der Waals surface area contributed by atoms with Crippen LogP contribution in [0.4, 0.5) is 0 Å². The van der Waals surface area contributed by atoms with E-state index in [1.165, 1.54) is 11.1 Å². The summed E-state index contributed by atoms with van der Waals surface area (Å²) in [5.41, 5.74) is 4.19. The van der Waals surface area contributed by atoms with E-state index >= 15 is 0 Å². The monoisotopic (exact) mass is 359 g/mol. The normalized spacial score (nSPS) is 11.7. The molecule has 2 aromatic rings. The van der Waals surface area contributed by atoms with E-state index in [9.17, 15) is 9.59 Å². The van der Waals surface area contributed by atoms with E-state index in [1.54, 1.807) is 24.3 Å². The van der Waals surface area contributed by atoms with Crippen LogP contribution in [0.1, 0.15) is 35.2 Å². The number of carbonyl (C=O) groups excluding carboxylic acids is 2. The fraction of sp³-hybridized carbons (Fsp3) is 0.300. The zero-order valence-electron chi connectivity index (χ0n) is 14.6. The summed E-state index contributed by atoms with van der Waals surface area (Å²) in [7, 11) is 0. The van der Waals surface area contributed by atoms with Gasteiger partial charge in [-0.1, -0.05) is 41.9 Å². The van der Waals surface area contributed by atoms with Gasteiger partial charge in [0.05, 0.1) is 12.5 Å². The maximum atomic E-state index is 12.0. The molecule has 1 amide bonds. The summed E-state index contributed by atoms with van der Waals surface area (Å²) in [6.45, 7) is 5.69. The minimum absolute atomic E-state index is 0.108. The third kappa shape index (κ3) is 5.91. The predicted octanol–water partition coefficient (Wildman–Crippen LogP) is 3.92. The van der Waals surface area contributed by atoms with Crippen LogP contribution in [-0.2, 0) is 20.7 Å². The Morgan fingerprint density at radius 1 is 1.08 bits per heavy atom. The SMILES string of the molecule is Cc1ccc([C@@H](C)NC(=O)COC(=O)Cc2ccc(Cl)cc2)cc1C. The van der Waals surface area contributed by atoms with Crippen molar-refractivity contribution in [2.24, 2.45) is 0 Å². The summed E-state index contributed by atoms with van der Waals surface area (Å²) in [5.74, 6) is -0.772. The van der Waals surface area contributed by atoms with Crippen LogP contribution < -0.4 is 5.32 Å². The van der Waals surface area contributed by atoms with Gasteiger partial charge in [-0.15, -0.1) is 0 Å². The van der Waals surface area contributed by atoms with E-state index in [0.717, 1.165) is 11.1 Å². The van der Waals surface area contributed by atoms with Gasteiger partial charge in [0.2, 0.25) is 0 Å². The van der Waals surface area contributed by atoms with Crippen LogP contribution in [0, 0.1) is 13.8 Å². The van der Waals surface area contributed by atoms with E-state index < -0.39 is 5.97 Å². The first-order valence-corrected chi connectivity index (χ1v) is 8.49. The van der Waals surface area contributed by atoms with Crippen molar-refractivity contribution < 1.29 is 14.3 Å². The van der Waals surface area contributed by atoms with Crippen molar-refractivity contribution in [1.29, 1.82) is 0 Å². The Morgan fingerprint density at radius 3 is 2.40 bits per heavy atom. The van der Waals surface area contributed by atoms with Crippen LogP contribution in [-0.4, -0.2) is 18.5 Å². The first kappa shape index (κ1) is 19.0. The molecule has 0 saturated heterocycles. The maximum Gasteiger partial charge on any atom is 0.310 e. The van der Waals surface area contributed by atoms with E-state index in [2.05, 4.69) is 5.32 Å². The average molecular weight is 360 g/mol. The Kier molecular flexibility index (Phi) is 6.59. The van der Waals surface area contributed by atoms with Crippen LogP contribution in [0.2, 0.25) is 5.02 Å². The molecule has 0 unspecified atom stereocenters. The molecule has 1 N–H and O–H groups in total. The number of aryl methyl sites for hydroxylation is 2. The van der Waals surface area contributed by atoms with Crippen molar-refractivity contribution in [3.8, 4) is 0 Å². The van der Waals surface area contributed by atoms with E-state index in [0.29, 0.717) is 5.02 Å². The zero-order chi connectivity index (χ0) is 18.4. The van der Waals surface area contributed by atoms with E-state index in [-0.39, 0.29) is 25.0 Å². The molecular formula is C20H22ClNO3. The minimum atomic E-state index is -0.448. The van der Waals surface area contributed by atoms with Crippen molar-refractivity contribution in [2.75, 3.05) is 6.61 Å². The highest BCUT2D eigenvalue weighted by Gasteiger charge is 2.13. The van der Waals surface area contributed by atoms with Crippen molar-refractivity contribution in [1.82, 2.24) is 5.32 Å². The highest BCUT2D eigenvalue weighted by atomic mass is 35.5. The minimum Gasteiger partial charge on any atom is -0.455 e. The van der Waals surface area contributed by atoms with Gasteiger partial charge in [-0.05, 0) is 55.2 Å². The molecule has 0 aliphatic heterocycles. The van der Waals surface area contributed by atoms with E-state index in [1.807, 2.05) is 39.0 Å². The summed E-state index contributed by atoms with van der Waals surface area (Å²) in [6, 6.07) is 12.8. The molecule has 25 heavy (non-hydrogen) atoms. The van der Waals surface area contributed by atoms with Gasteiger partial charge in [-0.25, -0.2) is 0 Å². The second-order valence-electron chi connectivity index (χ2n) is 6.10. The molecule has 1 atom stereocenters. The van der Waals surface area contributed by atoms with Gasteiger partial charge in [0, 0.05) is 5.02 Å². The average Bonchev–Trinajstić information content (AvgIpc) is 2.57. The highest BCUT2D eigenvalue weighted by Crippen LogP contribution is 2.16. The van der Waals surface area contributed by atoms with Gasteiger partial charge < -0.3 is 10.1 Å².